The highest BCUT2D eigenvalue weighted by Crippen LogP contribution is 2.34. The van der Waals surface area contributed by atoms with Crippen molar-refractivity contribution in [3.63, 3.8) is 0 Å². The van der Waals surface area contributed by atoms with Crippen LogP contribution in [-0.4, -0.2) is 43.3 Å². The number of thiazole rings is 1. The molecule has 1 saturated carbocycles. The third-order valence-corrected chi connectivity index (χ3v) is 8.27. The summed E-state index contributed by atoms with van der Waals surface area (Å²) in [4.78, 5) is 37.5. The Kier molecular flexibility index (Phi) is 6.03. The Hall–Kier alpha value is -2.81. The van der Waals surface area contributed by atoms with E-state index in [-0.39, 0.29) is 11.8 Å². The van der Waals surface area contributed by atoms with Gasteiger partial charge in [0.25, 0.3) is 0 Å². The molecule has 0 spiro atoms. The van der Waals surface area contributed by atoms with Crippen LogP contribution in [0.15, 0.2) is 17.8 Å². The smallest absolute Gasteiger partial charge is 0.228 e. The molecule has 9 heteroatoms. The number of aromatic nitrogens is 5. The van der Waals surface area contributed by atoms with E-state index in [2.05, 4.69) is 25.2 Å². The maximum absolute atomic E-state index is 13.1. The molecule has 1 aliphatic heterocycles. The molecule has 3 aromatic rings. The van der Waals surface area contributed by atoms with Crippen molar-refractivity contribution in [1.29, 1.82) is 0 Å². The standard InChI is InChI=1S/C25H31N7OS/c33-21(14-22-26-11-13-34-22)20-10-5-12-32(20)25-29-18-9-4-8-17(18)23(31-25)30-24-27-15-19(28-24)16-6-2-1-3-7-16/h11,13,15-16,20H,1-10,12,14H2,(H2,27,28,29,30,31). The fourth-order valence-corrected chi connectivity index (χ4v) is 6.36. The van der Waals surface area contributed by atoms with Crippen molar-refractivity contribution in [3.8, 4) is 0 Å². The summed E-state index contributed by atoms with van der Waals surface area (Å²) in [5.74, 6) is 3.03. The molecule has 3 aromatic heterocycles. The number of H-pyrrole nitrogens is 1. The van der Waals surface area contributed by atoms with Gasteiger partial charge in [-0.1, -0.05) is 19.3 Å². The highest BCUT2D eigenvalue weighted by atomic mass is 32.1. The van der Waals surface area contributed by atoms with Crippen molar-refractivity contribution in [3.05, 3.63) is 39.7 Å². The molecule has 1 saturated heterocycles. The van der Waals surface area contributed by atoms with E-state index in [0.717, 1.165) is 61.1 Å². The largest absolute Gasteiger partial charge is 0.331 e. The lowest BCUT2D eigenvalue weighted by atomic mass is 9.87. The summed E-state index contributed by atoms with van der Waals surface area (Å²) in [6.45, 7) is 0.805. The maximum atomic E-state index is 13.1. The first-order chi connectivity index (χ1) is 16.7. The van der Waals surface area contributed by atoms with Crippen LogP contribution in [0.5, 0.6) is 0 Å². The molecular formula is C25H31N7OS. The Labute approximate surface area is 203 Å². The number of Topliss-reactive ketones (excluding diaryl/α,β-unsaturated/α-hetero) is 1. The number of anilines is 3. The maximum Gasteiger partial charge on any atom is 0.228 e. The van der Waals surface area contributed by atoms with Gasteiger partial charge in [-0.15, -0.1) is 11.3 Å². The van der Waals surface area contributed by atoms with Crippen LogP contribution in [0.3, 0.4) is 0 Å². The molecule has 178 valence electrons. The van der Waals surface area contributed by atoms with Gasteiger partial charge in [0.15, 0.2) is 5.78 Å². The Bertz CT molecular complexity index is 1150. The first kappa shape index (κ1) is 21.7. The highest BCUT2D eigenvalue weighted by Gasteiger charge is 2.34. The lowest BCUT2D eigenvalue weighted by Gasteiger charge is -2.24. The number of nitrogens with one attached hydrogen (secondary N) is 2. The molecule has 1 atom stereocenters. The summed E-state index contributed by atoms with van der Waals surface area (Å²) < 4.78 is 0. The molecule has 2 aliphatic carbocycles. The number of hydrogen-bond acceptors (Lipinski definition) is 8. The van der Waals surface area contributed by atoms with Crippen molar-refractivity contribution in [2.75, 3.05) is 16.8 Å². The summed E-state index contributed by atoms with van der Waals surface area (Å²) in [5.41, 5.74) is 3.51. The Morgan fingerprint density at radius 3 is 2.85 bits per heavy atom. The fraction of sp³-hybridized carbons (Fsp3) is 0.560. The molecule has 0 aromatic carbocycles. The second kappa shape index (κ2) is 9.44. The lowest BCUT2D eigenvalue weighted by Crippen LogP contribution is -2.38. The number of rotatable bonds is 7. The van der Waals surface area contributed by atoms with Crippen LogP contribution < -0.4 is 10.2 Å². The average molecular weight is 478 g/mol. The highest BCUT2D eigenvalue weighted by molar-refractivity contribution is 7.09. The van der Waals surface area contributed by atoms with Crippen LogP contribution in [0.1, 0.15) is 79.2 Å². The quantitative estimate of drug-likeness (QED) is 0.508. The van der Waals surface area contributed by atoms with E-state index in [1.807, 2.05) is 11.6 Å². The minimum atomic E-state index is -0.183. The number of carbonyl (C=O) groups is 1. The Morgan fingerprint density at radius 1 is 1.09 bits per heavy atom. The molecule has 3 aliphatic rings. The van der Waals surface area contributed by atoms with Crippen LogP contribution in [0.25, 0.3) is 0 Å². The zero-order valence-electron chi connectivity index (χ0n) is 19.4. The first-order valence-corrected chi connectivity index (χ1v) is 13.5. The number of carbonyl (C=O) groups excluding carboxylic acids is 1. The number of imidazole rings is 1. The van der Waals surface area contributed by atoms with Crippen LogP contribution in [0.4, 0.5) is 17.7 Å². The Balaban J connectivity index is 1.24. The predicted molar refractivity (Wildman–Crippen MR) is 133 cm³/mol. The van der Waals surface area contributed by atoms with Gasteiger partial charge in [-0.2, -0.15) is 4.98 Å². The first-order valence-electron chi connectivity index (χ1n) is 12.6. The van der Waals surface area contributed by atoms with Crippen LogP contribution in [0, 0.1) is 0 Å². The van der Waals surface area contributed by atoms with E-state index in [0.29, 0.717) is 18.3 Å². The van der Waals surface area contributed by atoms with Crippen LogP contribution in [0.2, 0.25) is 0 Å². The minimum Gasteiger partial charge on any atom is -0.331 e. The van der Waals surface area contributed by atoms with Crippen molar-refractivity contribution in [2.45, 2.75) is 82.6 Å². The molecule has 0 amide bonds. The average Bonchev–Trinajstić information content (AvgIpc) is 3.67. The molecule has 1 unspecified atom stereocenters. The summed E-state index contributed by atoms with van der Waals surface area (Å²) >= 11 is 1.54. The number of fused-ring (bicyclic) bond motifs is 1. The second-order valence-electron chi connectivity index (χ2n) is 9.72. The zero-order chi connectivity index (χ0) is 22.9. The summed E-state index contributed by atoms with van der Waals surface area (Å²) in [5, 5.41) is 6.27. The van der Waals surface area contributed by atoms with Crippen LogP contribution in [-0.2, 0) is 24.1 Å². The van der Waals surface area contributed by atoms with Gasteiger partial charge in [0.05, 0.1) is 29.4 Å². The van der Waals surface area contributed by atoms with Crippen molar-refractivity contribution in [2.24, 2.45) is 0 Å². The van der Waals surface area contributed by atoms with Gasteiger partial charge in [-0.25, -0.2) is 15.0 Å². The van der Waals surface area contributed by atoms with Gasteiger partial charge in [-0.05, 0) is 44.9 Å². The number of ketones is 1. The van der Waals surface area contributed by atoms with Gasteiger partial charge in [0, 0.05) is 35.3 Å². The van der Waals surface area contributed by atoms with Gasteiger partial charge in [0.1, 0.15) is 5.82 Å². The molecule has 6 rings (SSSR count). The van der Waals surface area contributed by atoms with Crippen molar-refractivity contribution in [1.82, 2.24) is 24.9 Å². The lowest BCUT2D eigenvalue weighted by molar-refractivity contribution is -0.119. The number of hydrogen-bond donors (Lipinski definition) is 2. The Morgan fingerprint density at radius 2 is 2.00 bits per heavy atom. The monoisotopic (exact) mass is 477 g/mol. The predicted octanol–water partition coefficient (Wildman–Crippen LogP) is 4.72. The van der Waals surface area contributed by atoms with E-state index in [1.54, 1.807) is 6.20 Å². The number of aryl methyl sites for hydroxylation is 1. The van der Waals surface area contributed by atoms with Gasteiger partial charge >= 0.3 is 0 Å². The summed E-state index contributed by atoms with van der Waals surface area (Å²) in [7, 11) is 0. The van der Waals surface area contributed by atoms with E-state index >= 15 is 0 Å². The number of aromatic amines is 1. The van der Waals surface area contributed by atoms with E-state index < -0.39 is 0 Å². The molecule has 2 fully saturated rings. The molecule has 0 bridgehead atoms. The molecular weight excluding hydrogens is 446 g/mol. The van der Waals surface area contributed by atoms with E-state index in [4.69, 9.17) is 9.97 Å². The minimum absolute atomic E-state index is 0.183. The zero-order valence-corrected chi connectivity index (χ0v) is 20.2. The molecule has 4 heterocycles. The van der Waals surface area contributed by atoms with Crippen LogP contribution >= 0.6 is 11.3 Å². The third-order valence-electron chi connectivity index (χ3n) is 7.49. The summed E-state index contributed by atoms with van der Waals surface area (Å²) in [6, 6.07) is -0.183. The SMILES string of the molecule is O=C(Cc1nccs1)C1CCCN1c1nc2c(c(Nc3ncc(C4CCCCC4)[nH]3)n1)CCC2. The molecule has 2 N–H and O–H groups in total. The number of nitrogens with zero attached hydrogens (tertiary/aromatic N) is 5. The molecule has 8 nitrogen and oxygen atoms in total. The third kappa shape index (κ3) is 4.33. The van der Waals surface area contributed by atoms with Crippen molar-refractivity contribution < 1.29 is 4.79 Å². The molecule has 0 radical (unpaired) electrons. The van der Waals surface area contributed by atoms with Gasteiger partial charge in [-0.3, -0.25) is 4.79 Å². The normalized spacial score (nSPS) is 20.6. The van der Waals surface area contributed by atoms with Crippen molar-refractivity contribution >= 4 is 34.8 Å². The second-order valence-corrected chi connectivity index (χ2v) is 10.7. The van der Waals surface area contributed by atoms with E-state index in [1.165, 1.54) is 54.7 Å². The summed E-state index contributed by atoms with van der Waals surface area (Å²) in [6.07, 6.45) is 15.4. The van der Waals surface area contributed by atoms with Gasteiger partial charge < -0.3 is 15.2 Å². The molecule has 34 heavy (non-hydrogen) atoms. The topological polar surface area (TPSA) is 99.7 Å². The fourth-order valence-electron chi connectivity index (χ4n) is 5.73. The van der Waals surface area contributed by atoms with E-state index in [9.17, 15) is 4.79 Å². The van der Waals surface area contributed by atoms with Gasteiger partial charge in [0.2, 0.25) is 11.9 Å².